The fraction of sp³-hybridized carbons (Fsp3) is 0.269. The van der Waals surface area contributed by atoms with Gasteiger partial charge >= 0.3 is 0 Å². The van der Waals surface area contributed by atoms with Gasteiger partial charge in [-0.15, -0.1) is 0 Å². The summed E-state index contributed by atoms with van der Waals surface area (Å²) in [6.45, 7) is 5.66. The molecule has 1 aliphatic heterocycles. The molecule has 0 saturated carbocycles. The third-order valence-electron chi connectivity index (χ3n) is 6.16. The van der Waals surface area contributed by atoms with Crippen LogP contribution in [0.5, 0.6) is 0 Å². The summed E-state index contributed by atoms with van der Waals surface area (Å²) in [5, 5.41) is 0.572. The molecule has 0 aliphatic carbocycles. The zero-order valence-electron chi connectivity index (χ0n) is 20.0. The highest BCUT2D eigenvalue weighted by molar-refractivity contribution is 7.89. The molecule has 0 bridgehead atoms. The molecule has 4 aromatic rings. The summed E-state index contributed by atoms with van der Waals surface area (Å²) in [7, 11) is -3.64. The van der Waals surface area contributed by atoms with Gasteiger partial charge in [-0.3, -0.25) is 14.7 Å². The van der Waals surface area contributed by atoms with E-state index in [1.165, 1.54) is 27.8 Å². The molecule has 36 heavy (non-hydrogen) atoms. The van der Waals surface area contributed by atoms with Crippen molar-refractivity contribution >= 4 is 42.6 Å². The predicted octanol–water partition coefficient (Wildman–Crippen LogP) is 4.18. The summed E-state index contributed by atoms with van der Waals surface area (Å²) in [5.74, 6) is -0.273. The standard InChI is InChI=1S/C26H26N4O4S2/c1-18-6-7-19(2)24-23(18)28-26(35-24)30(17-21-5-3-4-12-27-21)25(31)20-8-10-22(11-9-20)36(32,33)29-13-15-34-16-14-29/h3-12H,13-17H2,1-2H3. The van der Waals surface area contributed by atoms with Gasteiger partial charge in [0.2, 0.25) is 10.0 Å². The Morgan fingerprint density at radius 2 is 1.75 bits per heavy atom. The van der Waals surface area contributed by atoms with Crippen molar-refractivity contribution in [2.24, 2.45) is 0 Å². The molecule has 1 amide bonds. The molecule has 0 N–H and O–H groups in total. The molecule has 1 saturated heterocycles. The minimum atomic E-state index is -3.64. The topological polar surface area (TPSA) is 92.7 Å². The predicted molar refractivity (Wildman–Crippen MR) is 140 cm³/mol. The summed E-state index contributed by atoms with van der Waals surface area (Å²) < 4.78 is 33.7. The van der Waals surface area contributed by atoms with Crippen LogP contribution >= 0.6 is 11.3 Å². The molecule has 0 radical (unpaired) electrons. The number of rotatable bonds is 6. The highest BCUT2D eigenvalue weighted by Crippen LogP contribution is 2.34. The van der Waals surface area contributed by atoms with Crippen LogP contribution in [0, 0.1) is 13.8 Å². The Labute approximate surface area is 214 Å². The maximum Gasteiger partial charge on any atom is 0.260 e. The molecule has 8 nitrogen and oxygen atoms in total. The maximum atomic E-state index is 13.7. The van der Waals surface area contributed by atoms with E-state index in [1.54, 1.807) is 23.2 Å². The average Bonchev–Trinajstić information content (AvgIpc) is 3.37. The van der Waals surface area contributed by atoms with Gasteiger partial charge in [0.15, 0.2) is 5.13 Å². The summed E-state index contributed by atoms with van der Waals surface area (Å²) in [6.07, 6.45) is 1.69. The maximum absolute atomic E-state index is 13.7. The van der Waals surface area contributed by atoms with Crippen LogP contribution in [0.1, 0.15) is 27.2 Å². The number of nitrogens with zero attached hydrogens (tertiary/aromatic N) is 4. The fourth-order valence-corrected chi connectivity index (χ4v) is 6.62. The van der Waals surface area contributed by atoms with Gasteiger partial charge in [0.25, 0.3) is 5.91 Å². The molecule has 0 unspecified atom stereocenters. The van der Waals surface area contributed by atoms with E-state index in [4.69, 9.17) is 9.72 Å². The number of amides is 1. The van der Waals surface area contributed by atoms with Gasteiger partial charge in [-0.05, 0) is 61.4 Å². The molecule has 5 rings (SSSR count). The van der Waals surface area contributed by atoms with E-state index in [2.05, 4.69) is 11.1 Å². The third-order valence-corrected chi connectivity index (χ3v) is 9.29. The lowest BCUT2D eigenvalue weighted by Gasteiger charge is -2.26. The van der Waals surface area contributed by atoms with Crippen LogP contribution in [-0.2, 0) is 21.3 Å². The second-order valence-corrected chi connectivity index (χ2v) is 11.5. The molecule has 1 aliphatic rings. The highest BCUT2D eigenvalue weighted by atomic mass is 32.2. The van der Waals surface area contributed by atoms with Crippen LogP contribution in [0.2, 0.25) is 0 Å². The van der Waals surface area contributed by atoms with E-state index in [9.17, 15) is 13.2 Å². The minimum Gasteiger partial charge on any atom is -0.379 e. The number of sulfonamides is 1. The second kappa shape index (κ2) is 10.1. The number of aromatic nitrogens is 2. The van der Waals surface area contributed by atoms with Gasteiger partial charge in [0.1, 0.15) is 0 Å². The van der Waals surface area contributed by atoms with Gasteiger partial charge in [-0.1, -0.05) is 29.5 Å². The number of aryl methyl sites for hydroxylation is 2. The molecular formula is C26H26N4O4S2. The van der Waals surface area contributed by atoms with Crippen LogP contribution in [-0.4, -0.2) is 54.9 Å². The van der Waals surface area contributed by atoms with Crippen LogP contribution in [0.3, 0.4) is 0 Å². The minimum absolute atomic E-state index is 0.156. The number of pyridine rings is 1. The third kappa shape index (κ3) is 4.77. The number of morpholine rings is 1. The first-order chi connectivity index (χ1) is 17.3. The molecule has 2 aromatic heterocycles. The van der Waals surface area contributed by atoms with Crippen molar-refractivity contribution in [1.82, 2.24) is 14.3 Å². The van der Waals surface area contributed by atoms with Crippen molar-refractivity contribution in [3.05, 3.63) is 83.2 Å². The number of benzene rings is 2. The lowest BCUT2D eigenvalue weighted by atomic mass is 10.1. The Balaban J connectivity index is 1.49. The molecule has 1 fully saturated rings. The average molecular weight is 523 g/mol. The molecule has 10 heteroatoms. The summed E-state index contributed by atoms with van der Waals surface area (Å²) in [4.78, 5) is 24.7. The van der Waals surface area contributed by atoms with Crippen molar-refractivity contribution in [1.29, 1.82) is 0 Å². The van der Waals surface area contributed by atoms with Gasteiger partial charge < -0.3 is 4.74 Å². The largest absolute Gasteiger partial charge is 0.379 e. The number of anilines is 1. The highest BCUT2D eigenvalue weighted by Gasteiger charge is 2.28. The first-order valence-electron chi connectivity index (χ1n) is 11.6. The number of carbonyl (C=O) groups is 1. The van der Waals surface area contributed by atoms with Crippen molar-refractivity contribution in [3.8, 4) is 0 Å². The zero-order chi connectivity index (χ0) is 25.3. The molecule has 186 valence electrons. The van der Waals surface area contributed by atoms with Crippen LogP contribution in [0.15, 0.2) is 65.7 Å². The number of ether oxygens (including phenoxy) is 1. The van der Waals surface area contributed by atoms with E-state index in [0.717, 1.165) is 27.0 Å². The zero-order valence-corrected chi connectivity index (χ0v) is 21.7. The van der Waals surface area contributed by atoms with Crippen molar-refractivity contribution in [2.45, 2.75) is 25.3 Å². The monoisotopic (exact) mass is 522 g/mol. The molecule has 2 aromatic carbocycles. The van der Waals surface area contributed by atoms with Crippen molar-refractivity contribution in [3.63, 3.8) is 0 Å². The number of carbonyl (C=O) groups excluding carboxylic acids is 1. The van der Waals surface area contributed by atoms with Gasteiger partial charge in [-0.25, -0.2) is 13.4 Å². The number of hydrogen-bond acceptors (Lipinski definition) is 7. The van der Waals surface area contributed by atoms with Crippen molar-refractivity contribution < 1.29 is 17.9 Å². The lowest BCUT2D eigenvalue weighted by molar-refractivity contribution is 0.0730. The van der Waals surface area contributed by atoms with Crippen LogP contribution in [0.25, 0.3) is 10.2 Å². The number of thiazole rings is 1. The second-order valence-electron chi connectivity index (χ2n) is 8.63. The smallest absolute Gasteiger partial charge is 0.260 e. The van der Waals surface area contributed by atoms with Crippen molar-refractivity contribution in [2.75, 3.05) is 31.2 Å². The van der Waals surface area contributed by atoms with Gasteiger partial charge in [0.05, 0.1) is 40.6 Å². The van der Waals surface area contributed by atoms with E-state index in [-0.39, 0.29) is 17.3 Å². The first kappa shape index (κ1) is 24.5. The van der Waals surface area contributed by atoms with E-state index >= 15 is 0 Å². The normalized spacial score (nSPS) is 14.7. The quantitative estimate of drug-likeness (QED) is 0.377. The molecule has 3 heterocycles. The Kier molecular flexibility index (Phi) is 6.85. The lowest BCUT2D eigenvalue weighted by Crippen LogP contribution is -2.40. The Morgan fingerprint density at radius 1 is 1.03 bits per heavy atom. The van der Waals surface area contributed by atoms with E-state index in [1.807, 2.05) is 38.1 Å². The van der Waals surface area contributed by atoms with Gasteiger partial charge in [-0.2, -0.15) is 4.31 Å². The molecule has 0 atom stereocenters. The molecular weight excluding hydrogens is 496 g/mol. The Morgan fingerprint density at radius 3 is 2.42 bits per heavy atom. The first-order valence-corrected chi connectivity index (χ1v) is 13.9. The van der Waals surface area contributed by atoms with E-state index < -0.39 is 10.0 Å². The van der Waals surface area contributed by atoms with Crippen LogP contribution < -0.4 is 4.90 Å². The summed E-state index contributed by atoms with van der Waals surface area (Å²) >= 11 is 1.47. The Hall–Kier alpha value is -3.18. The SMILES string of the molecule is Cc1ccc(C)c2sc(N(Cc3ccccn3)C(=O)c3ccc(S(=O)(=O)N4CCOCC4)cc3)nc12. The summed E-state index contributed by atoms with van der Waals surface area (Å²) in [6, 6.07) is 15.7. The van der Waals surface area contributed by atoms with Crippen LogP contribution in [0.4, 0.5) is 5.13 Å². The summed E-state index contributed by atoms with van der Waals surface area (Å²) in [5.41, 5.74) is 4.12. The molecule has 0 spiro atoms. The fourth-order valence-electron chi connectivity index (χ4n) is 4.10. The Bertz CT molecular complexity index is 1460. The number of fused-ring (bicyclic) bond motifs is 1. The van der Waals surface area contributed by atoms with E-state index in [0.29, 0.717) is 37.0 Å². The number of hydrogen-bond donors (Lipinski definition) is 0. The van der Waals surface area contributed by atoms with Gasteiger partial charge in [0, 0.05) is 24.8 Å².